The predicted molar refractivity (Wildman–Crippen MR) is 112 cm³/mol. The third-order valence-corrected chi connectivity index (χ3v) is 6.69. The van der Waals surface area contributed by atoms with Gasteiger partial charge in [-0.25, -0.2) is 0 Å². The lowest BCUT2D eigenvalue weighted by atomic mass is 9.89. The Bertz CT molecular complexity index is 778. The molecule has 0 N–H and O–H groups in total. The van der Waals surface area contributed by atoms with Gasteiger partial charge < -0.3 is 14.5 Å². The normalized spacial score (nSPS) is 26.4. The van der Waals surface area contributed by atoms with E-state index in [-0.39, 0.29) is 23.8 Å². The van der Waals surface area contributed by atoms with Gasteiger partial charge in [0.2, 0.25) is 11.8 Å². The van der Waals surface area contributed by atoms with Crippen LogP contribution in [0.15, 0.2) is 36.4 Å². The number of hydrogen-bond donors (Lipinski definition) is 0. The summed E-state index contributed by atoms with van der Waals surface area (Å²) in [5.41, 5.74) is 1.15. The molecule has 2 saturated heterocycles. The molecule has 0 radical (unpaired) electrons. The van der Waals surface area contributed by atoms with E-state index in [2.05, 4.69) is 47.9 Å². The molecule has 0 unspecified atom stereocenters. The summed E-state index contributed by atoms with van der Waals surface area (Å²) in [5.74, 6) is 2.46. The first-order valence-electron chi connectivity index (χ1n) is 10.8. The van der Waals surface area contributed by atoms with Gasteiger partial charge in [0.1, 0.15) is 5.75 Å². The molecule has 2 aliphatic heterocycles. The number of benzene rings is 1. The molecule has 5 heteroatoms. The monoisotopic (exact) mass is 396 g/mol. The van der Waals surface area contributed by atoms with Crippen LogP contribution in [-0.4, -0.2) is 48.4 Å². The third kappa shape index (κ3) is 3.92. The second kappa shape index (κ2) is 8.21. The van der Waals surface area contributed by atoms with Crippen LogP contribution in [0, 0.1) is 23.7 Å². The fraction of sp³-hybridized carbons (Fsp3) is 0.583. The summed E-state index contributed by atoms with van der Waals surface area (Å²) >= 11 is 0. The number of fused-ring (bicyclic) bond motifs is 1. The molecule has 0 spiro atoms. The summed E-state index contributed by atoms with van der Waals surface area (Å²) in [7, 11) is 1.66. The zero-order valence-corrected chi connectivity index (χ0v) is 17.7. The molecule has 5 nitrogen and oxygen atoms in total. The van der Waals surface area contributed by atoms with E-state index in [1.165, 1.54) is 0 Å². The van der Waals surface area contributed by atoms with Crippen molar-refractivity contribution in [2.75, 3.05) is 26.7 Å². The van der Waals surface area contributed by atoms with Crippen LogP contribution in [0.1, 0.15) is 44.7 Å². The lowest BCUT2D eigenvalue weighted by Gasteiger charge is -2.31. The number of amides is 2. The Morgan fingerprint density at radius 1 is 1.07 bits per heavy atom. The van der Waals surface area contributed by atoms with Gasteiger partial charge in [0, 0.05) is 43.8 Å². The average Bonchev–Trinajstić information content (AvgIpc) is 3.42. The lowest BCUT2D eigenvalue weighted by Crippen LogP contribution is -2.39. The van der Waals surface area contributed by atoms with Gasteiger partial charge in [-0.2, -0.15) is 0 Å². The molecule has 2 fully saturated rings. The Morgan fingerprint density at radius 2 is 1.76 bits per heavy atom. The summed E-state index contributed by atoms with van der Waals surface area (Å²) in [6.45, 7) is 6.46. The van der Waals surface area contributed by atoms with E-state index in [0.717, 1.165) is 43.8 Å². The number of carbonyl (C=O) groups is 2. The first-order chi connectivity index (χ1) is 14.0. The Labute approximate surface area is 173 Å². The van der Waals surface area contributed by atoms with Gasteiger partial charge in [-0.3, -0.25) is 9.59 Å². The van der Waals surface area contributed by atoms with Crippen molar-refractivity contribution in [2.24, 2.45) is 23.7 Å². The minimum absolute atomic E-state index is 0.0386. The number of methoxy groups -OCH3 is 1. The lowest BCUT2D eigenvalue weighted by molar-refractivity contribution is -0.135. The number of allylic oxidation sites excluding steroid dienone is 2. The van der Waals surface area contributed by atoms with Gasteiger partial charge in [-0.15, -0.1) is 0 Å². The molecule has 156 valence electrons. The van der Waals surface area contributed by atoms with Crippen molar-refractivity contribution < 1.29 is 14.3 Å². The summed E-state index contributed by atoms with van der Waals surface area (Å²) in [6, 6.07) is 8.13. The van der Waals surface area contributed by atoms with Crippen LogP contribution in [0.4, 0.5) is 0 Å². The average molecular weight is 397 g/mol. The molecule has 3 aliphatic rings. The maximum Gasteiger partial charge on any atom is 0.226 e. The van der Waals surface area contributed by atoms with Crippen LogP contribution < -0.4 is 4.74 Å². The van der Waals surface area contributed by atoms with Gasteiger partial charge >= 0.3 is 0 Å². The SMILES string of the molecule is COc1ccc([C@H]2[C@H]3CN(C(=O)C4CC=CC4)C[C@H]3CN2C(=O)CC(C)C)cc1. The smallest absolute Gasteiger partial charge is 0.226 e. The first-order valence-corrected chi connectivity index (χ1v) is 10.8. The molecule has 1 aromatic rings. The molecule has 4 rings (SSSR count). The van der Waals surface area contributed by atoms with Gasteiger partial charge in [0.05, 0.1) is 13.2 Å². The molecular formula is C24H32N2O3. The minimum Gasteiger partial charge on any atom is -0.497 e. The highest BCUT2D eigenvalue weighted by Crippen LogP contribution is 2.46. The zero-order chi connectivity index (χ0) is 20.5. The number of likely N-dealkylation sites (tertiary alicyclic amines) is 2. The molecule has 2 amide bonds. The van der Waals surface area contributed by atoms with Crippen LogP contribution in [0.25, 0.3) is 0 Å². The topological polar surface area (TPSA) is 49.9 Å². The van der Waals surface area contributed by atoms with Crippen molar-refractivity contribution in [2.45, 2.75) is 39.2 Å². The summed E-state index contributed by atoms with van der Waals surface area (Å²) in [6.07, 6.45) is 6.54. The van der Waals surface area contributed by atoms with Gasteiger partial charge in [-0.05, 0) is 36.5 Å². The maximum atomic E-state index is 13.0. The Kier molecular flexibility index (Phi) is 5.66. The summed E-state index contributed by atoms with van der Waals surface area (Å²) in [5, 5.41) is 0. The number of hydrogen-bond acceptors (Lipinski definition) is 3. The highest BCUT2D eigenvalue weighted by atomic mass is 16.5. The highest BCUT2D eigenvalue weighted by Gasteiger charge is 2.50. The van der Waals surface area contributed by atoms with Crippen molar-refractivity contribution >= 4 is 11.8 Å². The van der Waals surface area contributed by atoms with Gasteiger partial charge in [0.25, 0.3) is 0 Å². The van der Waals surface area contributed by atoms with Crippen molar-refractivity contribution in [1.29, 1.82) is 0 Å². The van der Waals surface area contributed by atoms with E-state index in [0.29, 0.717) is 24.2 Å². The maximum absolute atomic E-state index is 13.0. The molecule has 1 aromatic carbocycles. The molecule has 1 aliphatic carbocycles. The molecule has 0 bridgehead atoms. The van der Waals surface area contributed by atoms with E-state index in [9.17, 15) is 9.59 Å². The Balaban J connectivity index is 1.56. The Hall–Kier alpha value is -2.30. The number of nitrogens with zero attached hydrogens (tertiary/aromatic N) is 2. The quantitative estimate of drug-likeness (QED) is 0.714. The van der Waals surface area contributed by atoms with Crippen LogP contribution in [-0.2, 0) is 9.59 Å². The van der Waals surface area contributed by atoms with E-state index < -0.39 is 0 Å². The zero-order valence-electron chi connectivity index (χ0n) is 17.7. The number of carbonyl (C=O) groups excluding carboxylic acids is 2. The van der Waals surface area contributed by atoms with Crippen LogP contribution >= 0.6 is 0 Å². The fourth-order valence-corrected chi connectivity index (χ4v) is 5.25. The van der Waals surface area contributed by atoms with Crippen LogP contribution in [0.3, 0.4) is 0 Å². The predicted octanol–water partition coefficient (Wildman–Crippen LogP) is 3.67. The van der Waals surface area contributed by atoms with Crippen molar-refractivity contribution in [3.8, 4) is 5.75 Å². The van der Waals surface area contributed by atoms with E-state index >= 15 is 0 Å². The van der Waals surface area contributed by atoms with E-state index in [1.807, 2.05) is 12.1 Å². The van der Waals surface area contributed by atoms with Gasteiger partial charge in [-0.1, -0.05) is 38.1 Å². The van der Waals surface area contributed by atoms with Gasteiger partial charge in [0.15, 0.2) is 0 Å². The van der Waals surface area contributed by atoms with Crippen LogP contribution in [0.5, 0.6) is 5.75 Å². The van der Waals surface area contributed by atoms with Crippen molar-refractivity contribution in [3.05, 3.63) is 42.0 Å². The first kappa shape index (κ1) is 20.0. The standard InChI is InChI=1S/C24H32N2O3/c1-16(2)12-22(27)26-14-19-13-25(24(28)18-6-4-5-7-18)15-21(19)23(26)17-8-10-20(29-3)11-9-17/h4-5,8-11,16,18-19,21,23H,6-7,12-15H2,1-3H3/t19-,21-,23-/m0/s1. The highest BCUT2D eigenvalue weighted by molar-refractivity contribution is 5.80. The van der Waals surface area contributed by atoms with E-state index in [1.54, 1.807) is 7.11 Å². The van der Waals surface area contributed by atoms with E-state index in [4.69, 9.17) is 4.74 Å². The largest absolute Gasteiger partial charge is 0.497 e. The minimum atomic E-state index is 0.0386. The second-order valence-electron chi connectivity index (χ2n) is 9.17. The van der Waals surface area contributed by atoms with Crippen molar-refractivity contribution in [1.82, 2.24) is 9.80 Å². The van der Waals surface area contributed by atoms with Crippen LogP contribution in [0.2, 0.25) is 0 Å². The summed E-state index contributed by atoms with van der Waals surface area (Å²) in [4.78, 5) is 30.1. The molecular weight excluding hydrogens is 364 g/mol. The summed E-state index contributed by atoms with van der Waals surface area (Å²) < 4.78 is 5.31. The fourth-order valence-electron chi connectivity index (χ4n) is 5.25. The second-order valence-corrected chi connectivity index (χ2v) is 9.17. The molecule has 2 heterocycles. The number of ether oxygens (including phenoxy) is 1. The Morgan fingerprint density at radius 3 is 2.38 bits per heavy atom. The molecule has 3 atom stereocenters. The molecule has 0 saturated carbocycles. The molecule has 0 aromatic heterocycles. The van der Waals surface area contributed by atoms with Crippen molar-refractivity contribution in [3.63, 3.8) is 0 Å². The number of rotatable bonds is 5. The molecule has 29 heavy (non-hydrogen) atoms. The third-order valence-electron chi connectivity index (χ3n) is 6.69.